The Kier molecular flexibility index (Phi) is 5.86. The summed E-state index contributed by atoms with van der Waals surface area (Å²) >= 11 is 3.43. The molecule has 1 fully saturated rings. The van der Waals surface area contributed by atoms with Crippen LogP contribution in [0.4, 0.5) is 0 Å². The standard InChI is InChI=1S/C14H21NOS2/c1-17-14(18-12-9-5-6-10-15-12)13(16)11-7-3-2-4-8-11/h5-6,9-11,13-14,16H,2-4,7-8H2,1H3/t13-,14+/m1/s1. The Bertz CT molecular complexity index is 341. The van der Waals surface area contributed by atoms with Crippen LogP contribution in [-0.2, 0) is 0 Å². The van der Waals surface area contributed by atoms with Crippen molar-refractivity contribution in [1.29, 1.82) is 0 Å². The zero-order valence-electron chi connectivity index (χ0n) is 10.8. The molecule has 1 aliphatic rings. The van der Waals surface area contributed by atoms with Crippen LogP contribution in [0.3, 0.4) is 0 Å². The molecule has 0 spiro atoms. The van der Waals surface area contributed by atoms with E-state index in [-0.39, 0.29) is 10.7 Å². The van der Waals surface area contributed by atoms with Crippen molar-refractivity contribution in [3.63, 3.8) is 0 Å². The molecule has 0 saturated heterocycles. The van der Waals surface area contributed by atoms with E-state index < -0.39 is 0 Å². The Morgan fingerprint density at radius 1 is 1.28 bits per heavy atom. The van der Waals surface area contributed by atoms with E-state index in [4.69, 9.17) is 0 Å². The van der Waals surface area contributed by atoms with Gasteiger partial charge in [0, 0.05) is 6.20 Å². The summed E-state index contributed by atoms with van der Waals surface area (Å²) in [5.74, 6) is 0.479. The van der Waals surface area contributed by atoms with Gasteiger partial charge in [-0.15, -0.1) is 11.8 Å². The molecule has 2 nitrogen and oxygen atoms in total. The second kappa shape index (κ2) is 7.41. The molecule has 0 unspecified atom stereocenters. The zero-order valence-corrected chi connectivity index (χ0v) is 12.4. The maximum atomic E-state index is 10.5. The van der Waals surface area contributed by atoms with Gasteiger partial charge in [-0.2, -0.15) is 0 Å². The highest BCUT2D eigenvalue weighted by Gasteiger charge is 2.29. The van der Waals surface area contributed by atoms with Gasteiger partial charge >= 0.3 is 0 Å². The topological polar surface area (TPSA) is 33.1 Å². The molecule has 1 N–H and O–H groups in total. The van der Waals surface area contributed by atoms with Crippen LogP contribution in [0.1, 0.15) is 32.1 Å². The van der Waals surface area contributed by atoms with Gasteiger partial charge in [-0.3, -0.25) is 0 Å². The minimum atomic E-state index is -0.215. The maximum absolute atomic E-state index is 10.5. The smallest absolute Gasteiger partial charge is 0.0971 e. The van der Waals surface area contributed by atoms with E-state index >= 15 is 0 Å². The van der Waals surface area contributed by atoms with Crippen LogP contribution < -0.4 is 0 Å². The van der Waals surface area contributed by atoms with Gasteiger partial charge in [0.2, 0.25) is 0 Å². The highest BCUT2D eigenvalue weighted by molar-refractivity contribution is 8.16. The van der Waals surface area contributed by atoms with E-state index in [1.807, 2.05) is 24.4 Å². The quantitative estimate of drug-likeness (QED) is 0.658. The van der Waals surface area contributed by atoms with Crippen LogP contribution in [0.2, 0.25) is 0 Å². The van der Waals surface area contributed by atoms with Gasteiger partial charge in [0.1, 0.15) is 0 Å². The van der Waals surface area contributed by atoms with Crippen molar-refractivity contribution in [2.24, 2.45) is 5.92 Å². The molecule has 1 aromatic heterocycles. The molecular formula is C14H21NOS2. The van der Waals surface area contributed by atoms with Crippen molar-refractivity contribution < 1.29 is 5.11 Å². The second-order valence-electron chi connectivity index (χ2n) is 4.78. The second-order valence-corrected chi connectivity index (χ2v) is 7.22. The lowest BCUT2D eigenvalue weighted by molar-refractivity contribution is 0.0988. The number of hydrogen-bond donors (Lipinski definition) is 1. The first-order valence-electron chi connectivity index (χ1n) is 6.60. The summed E-state index contributed by atoms with van der Waals surface area (Å²) in [5.41, 5.74) is 0. The number of hydrogen-bond acceptors (Lipinski definition) is 4. The first-order valence-corrected chi connectivity index (χ1v) is 8.76. The van der Waals surface area contributed by atoms with E-state index in [0.717, 1.165) is 5.03 Å². The SMILES string of the molecule is CS[C@@H](Sc1ccccn1)[C@H](O)C1CCCCC1. The lowest BCUT2D eigenvalue weighted by Crippen LogP contribution is -2.30. The van der Waals surface area contributed by atoms with Gasteiger partial charge in [0.05, 0.1) is 15.7 Å². The molecular weight excluding hydrogens is 262 g/mol. The number of pyridine rings is 1. The Morgan fingerprint density at radius 2 is 2.06 bits per heavy atom. The van der Waals surface area contributed by atoms with E-state index in [1.165, 1.54) is 32.1 Å². The van der Waals surface area contributed by atoms with Crippen molar-refractivity contribution in [1.82, 2.24) is 4.98 Å². The summed E-state index contributed by atoms with van der Waals surface area (Å²) in [7, 11) is 0. The van der Waals surface area contributed by atoms with Crippen LogP contribution >= 0.6 is 23.5 Å². The van der Waals surface area contributed by atoms with E-state index in [2.05, 4.69) is 11.2 Å². The van der Waals surface area contributed by atoms with Crippen molar-refractivity contribution in [3.8, 4) is 0 Å². The molecule has 0 aliphatic heterocycles. The van der Waals surface area contributed by atoms with Gasteiger partial charge in [-0.05, 0) is 37.1 Å². The van der Waals surface area contributed by atoms with Crippen molar-refractivity contribution in [2.75, 3.05) is 6.26 Å². The molecule has 1 aromatic rings. The molecule has 0 aromatic carbocycles. The third kappa shape index (κ3) is 3.90. The molecule has 0 radical (unpaired) electrons. The van der Waals surface area contributed by atoms with Gasteiger partial charge in [-0.1, -0.05) is 37.1 Å². The summed E-state index contributed by atoms with van der Waals surface area (Å²) in [5, 5.41) is 11.5. The van der Waals surface area contributed by atoms with Crippen LogP contribution in [0, 0.1) is 5.92 Å². The summed E-state index contributed by atoms with van der Waals surface area (Å²) < 4.78 is 0.197. The number of aliphatic hydroxyl groups excluding tert-OH is 1. The highest BCUT2D eigenvalue weighted by atomic mass is 32.2. The molecule has 2 rings (SSSR count). The van der Waals surface area contributed by atoms with Crippen molar-refractivity contribution in [3.05, 3.63) is 24.4 Å². The Morgan fingerprint density at radius 3 is 2.67 bits per heavy atom. The molecule has 1 aliphatic carbocycles. The van der Waals surface area contributed by atoms with Crippen molar-refractivity contribution >= 4 is 23.5 Å². The van der Waals surface area contributed by atoms with E-state index in [0.29, 0.717) is 5.92 Å². The molecule has 1 heterocycles. The van der Waals surface area contributed by atoms with Crippen LogP contribution in [0.15, 0.2) is 29.4 Å². The summed E-state index contributed by atoms with van der Waals surface area (Å²) in [6.45, 7) is 0. The Labute approximate surface area is 118 Å². The number of rotatable bonds is 5. The average molecular weight is 283 g/mol. The molecule has 2 atom stereocenters. The molecule has 0 bridgehead atoms. The maximum Gasteiger partial charge on any atom is 0.0971 e. The summed E-state index contributed by atoms with van der Waals surface area (Å²) in [4.78, 5) is 4.33. The predicted octanol–water partition coefficient (Wildman–Crippen LogP) is 3.80. The molecule has 4 heteroatoms. The van der Waals surface area contributed by atoms with Crippen LogP contribution in [-0.4, -0.2) is 27.0 Å². The van der Waals surface area contributed by atoms with Crippen LogP contribution in [0.25, 0.3) is 0 Å². The summed E-state index contributed by atoms with van der Waals surface area (Å²) in [6.07, 6.45) is 9.92. The van der Waals surface area contributed by atoms with Crippen molar-refractivity contribution in [2.45, 2.75) is 47.8 Å². The fourth-order valence-corrected chi connectivity index (χ4v) is 4.55. The number of thioether (sulfide) groups is 2. The molecule has 100 valence electrons. The molecule has 0 amide bonds. The third-order valence-electron chi connectivity index (χ3n) is 3.52. The number of nitrogens with zero attached hydrogens (tertiary/aromatic N) is 1. The largest absolute Gasteiger partial charge is 0.391 e. The minimum Gasteiger partial charge on any atom is -0.391 e. The Hall–Kier alpha value is -0.190. The predicted molar refractivity (Wildman–Crippen MR) is 80.0 cm³/mol. The highest BCUT2D eigenvalue weighted by Crippen LogP contribution is 2.37. The van der Waals surface area contributed by atoms with E-state index in [9.17, 15) is 5.11 Å². The average Bonchev–Trinajstić information content (AvgIpc) is 2.46. The lowest BCUT2D eigenvalue weighted by Gasteiger charge is -2.30. The normalized spacial score (nSPS) is 20.6. The minimum absolute atomic E-state index is 0.197. The summed E-state index contributed by atoms with van der Waals surface area (Å²) in [6, 6.07) is 5.94. The lowest BCUT2D eigenvalue weighted by atomic mass is 9.86. The van der Waals surface area contributed by atoms with E-state index in [1.54, 1.807) is 23.5 Å². The van der Waals surface area contributed by atoms with Gasteiger partial charge in [0.25, 0.3) is 0 Å². The molecule has 1 saturated carbocycles. The number of aromatic nitrogens is 1. The fraction of sp³-hybridized carbons (Fsp3) is 0.643. The fourth-order valence-electron chi connectivity index (χ4n) is 2.49. The number of aliphatic hydroxyl groups is 1. The van der Waals surface area contributed by atoms with Gasteiger partial charge in [0.15, 0.2) is 0 Å². The third-order valence-corrected chi connectivity index (χ3v) is 6.12. The molecule has 18 heavy (non-hydrogen) atoms. The first-order chi connectivity index (χ1) is 8.81. The zero-order chi connectivity index (χ0) is 12.8. The first kappa shape index (κ1) is 14.2. The van der Waals surface area contributed by atoms with Gasteiger partial charge in [-0.25, -0.2) is 4.98 Å². The van der Waals surface area contributed by atoms with Crippen LogP contribution in [0.5, 0.6) is 0 Å². The Balaban J connectivity index is 1.94. The monoisotopic (exact) mass is 283 g/mol. The van der Waals surface area contributed by atoms with Gasteiger partial charge < -0.3 is 5.11 Å².